The summed E-state index contributed by atoms with van der Waals surface area (Å²) in [6.45, 7) is 3.70. The molecule has 1 saturated heterocycles. The summed E-state index contributed by atoms with van der Waals surface area (Å²) in [7, 11) is 0. The lowest BCUT2D eigenvalue weighted by Crippen LogP contribution is -2.61. The van der Waals surface area contributed by atoms with Gasteiger partial charge in [-0.25, -0.2) is 0 Å². The second-order valence-electron chi connectivity index (χ2n) is 8.63. The first kappa shape index (κ1) is 27.1. The fourth-order valence-corrected chi connectivity index (χ4v) is 4.16. The van der Waals surface area contributed by atoms with E-state index in [9.17, 15) is 27.6 Å². The minimum absolute atomic E-state index is 0.133. The van der Waals surface area contributed by atoms with E-state index in [4.69, 9.17) is 12.2 Å². The maximum Gasteiger partial charge on any atom is 0.416 e. The van der Waals surface area contributed by atoms with Crippen molar-refractivity contribution in [3.05, 3.63) is 70.8 Å². The van der Waals surface area contributed by atoms with Crippen LogP contribution >= 0.6 is 12.2 Å². The van der Waals surface area contributed by atoms with E-state index in [1.165, 1.54) is 13.0 Å². The third-order valence-corrected chi connectivity index (χ3v) is 6.25. The van der Waals surface area contributed by atoms with Gasteiger partial charge in [0, 0.05) is 31.1 Å². The fraction of sp³-hybridized carbons (Fsp3) is 0.360. The minimum atomic E-state index is -4.58. The van der Waals surface area contributed by atoms with Gasteiger partial charge in [0.2, 0.25) is 11.8 Å². The lowest BCUT2D eigenvalue weighted by Gasteiger charge is -2.39. The highest BCUT2D eigenvalue weighted by atomic mass is 32.1. The topological polar surface area (TPSA) is 90.5 Å². The summed E-state index contributed by atoms with van der Waals surface area (Å²) in [4.78, 5) is 39.0. The van der Waals surface area contributed by atoms with Crippen molar-refractivity contribution in [2.24, 2.45) is 0 Å². The number of piperidine rings is 1. The molecule has 1 aliphatic rings. The molecule has 0 aromatic heterocycles. The molecule has 11 heteroatoms. The molecular weight excluding hydrogens is 493 g/mol. The lowest BCUT2D eigenvalue weighted by molar-refractivity contribution is -0.137. The largest absolute Gasteiger partial charge is 0.416 e. The number of likely N-dealkylation sites (tertiary alicyclic amines) is 1. The van der Waals surface area contributed by atoms with Crippen molar-refractivity contribution >= 4 is 34.9 Å². The molecule has 1 fully saturated rings. The number of nitrogens with zero attached hydrogens (tertiary/aromatic N) is 1. The van der Waals surface area contributed by atoms with Crippen molar-refractivity contribution < 1.29 is 27.6 Å². The Morgan fingerprint density at radius 3 is 2.36 bits per heavy atom. The molecule has 2 atom stereocenters. The van der Waals surface area contributed by atoms with Crippen LogP contribution in [0.2, 0.25) is 0 Å². The number of aryl methyl sites for hydroxylation is 1. The highest BCUT2D eigenvalue weighted by Gasteiger charge is 2.33. The fourth-order valence-electron chi connectivity index (χ4n) is 3.87. The summed E-state index contributed by atoms with van der Waals surface area (Å²) < 4.78 is 38.7. The van der Waals surface area contributed by atoms with Crippen molar-refractivity contribution in [1.82, 2.24) is 20.9 Å². The maximum atomic E-state index is 12.9. The third-order valence-electron chi connectivity index (χ3n) is 5.90. The van der Waals surface area contributed by atoms with E-state index in [0.717, 1.165) is 29.3 Å². The smallest absolute Gasteiger partial charge is 0.371 e. The number of amides is 3. The molecule has 1 aliphatic heterocycles. The molecule has 2 aromatic rings. The molecule has 1 heterocycles. The number of halogens is 3. The number of carbonyl (C=O) groups is 3. The van der Waals surface area contributed by atoms with Gasteiger partial charge in [-0.3, -0.25) is 14.4 Å². The van der Waals surface area contributed by atoms with Gasteiger partial charge in [0.05, 0.1) is 24.2 Å². The molecule has 0 bridgehead atoms. The summed E-state index contributed by atoms with van der Waals surface area (Å²) in [5, 5.41) is 8.42. The number of hydrogen-bond donors (Lipinski definition) is 3. The molecule has 3 rings (SSSR count). The van der Waals surface area contributed by atoms with Gasteiger partial charge in [-0.2, -0.15) is 13.2 Å². The SMILES string of the molecule is CC(=O)N1CC[C@@H](NC(=S)c2ccc(C)cc2)[C@@H](NC(=O)CNC(=O)c2cccc(C(F)(F)F)c2)C1. The summed E-state index contributed by atoms with van der Waals surface area (Å²) >= 11 is 5.53. The van der Waals surface area contributed by atoms with E-state index in [0.29, 0.717) is 18.0 Å². The first-order chi connectivity index (χ1) is 16.9. The van der Waals surface area contributed by atoms with Gasteiger partial charge in [-0.15, -0.1) is 0 Å². The van der Waals surface area contributed by atoms with Crippen molar-refractivity contribution in [3.63, 3.8) is 0 Å². The van der Waals surface area contributed by atoms with Crippen LogP contribution in [0.4, 0.5) is 13.2 Å². The Bertz CT molecular complexity index is 1140. The van der Waals surface area contributed by atoms with E-state index >= 15 is 0 Å². The Hall–Kier alpha value is -3.47. The average Bonchev–Trinajstić information content (AvgIpc) is 2.83. The zero-order valence-electron chi connectivity index (χ0n) is 19.8. The van der Waals surface area contributed by atoms with Gasteiger partial charge in [-0.05, 0) is 31.5 Å². The number of alkyl halides is 3. The van der Waals surface area contributed by atoms with Crippen LogP contribution in [0.25, 0.3) is 0 Å². The van der Waals surface area contributed by atoms with E-state index in [1.54, 1.807) is 4.90 Å². The van der Waals surface area contributed by atoms with Crippen LogP contribution < -0.4 is 16.0 Å². The normalized spacial score (nSPS) is 17.8. The Labute approximate surface area is 212 Å². The molecule has 3 N–H and O–H groups in total. The van der Waals surface area contributed by atoms with Crippen LogP contribution in [0.1, 0.15) is 40.4 Å². The van der Waals surface area contributed by atoms with Crippen LogP contribution in [-0.2, 0) is 15.8 Å². The molecule has 0 unspecified atom stereocenters. The number of carbonyl (C=O) groups excluding carboxylic acids is 3. The predicted molar refractivity (Wildman–Crippen MR) is 132 cm³/mol. The third kappa shape index (κ3) is 7.27. The molecule has 7 nitrogen and oxygen atoms in total. The Morgan fingerprint density at radius 2 is 1.72 bits per heavy atom. The number of nitrogens with one attached hydrogen (secondary N) is 3. The molecule has 3 amide bonds. The van der Waals surface area contributed by atoms with Crippen LogP contribution in [0.5, 0.6) is 0 Å². The van der Waals surface area contributed by atoms with Crippen molar-refractivity contribution in [1.29, 1.82) is 0 Å². The van der Waals surface area contributed by atoms with Gasteiger partial charge >= 0.3 is 6.18 Å². The van der Waals surface area contributed by atoms with E-state index in [2.05, 4.69) is 16.0 Å². The highest BCUT2D eigenvalue weighted by molar-refractivity contribution is 7.80. The molecule has 0 saturated carbocycles. The molecule has 36 heavy (non-hydrogen) atoms. The monoisotopic (exact) mass is 520 g/mol. The number of benzene rings is 2. The maximum absolute atomic E-state index is 12.9. The van der Waals surface area contributed by atoms with E-state index in [1.807, 2.05) is 31.2 Å². The molecule has 0 radical (unpaired) electrons. The first-order valence-corrected chi connectivity index (χ1v) is 11.7. The van der Waals surface area contributed by atoms with Crippen LogP contribution in [0, 0.1) is 6.92 Å². The predicted octanol–water partition coefficient (Wildman–Crippen LogP) is 2.81. The Kier molecular flexibility index (Phi) is 8.67. The second-order valence-corrected chi connectivity index (χ2v) is 9.04. The standard InChI is InChI=1S/C25H27F3N4O3S/c1-15-6-8-17(9-7-15)24(36)31-20-10-11-32(16(2)33)14-21(20)30-22(34)13-29-23(35)18-4-3-5-19(12-18)25(26,27)28/h3-9,12,20-21H,10-11,13-14H2,1-2H3,(H,29,35)(H,30,34)(H,31,36)/t20-,21+/m1/s1. The number of hydrogen-bond acceptors (Lipinski definition) is 4. The summed E-state index contributed by atoms with van der Waals surface area (Å²) in [5.41, 5.74) is 0.752. The van der Waals surface area contributed by atoms with Gasteiger partial charge < -0.3 is 20.9 Å². The van der Waals surface area contributed by atoms with Crippen LogP contribution in [-0.4, -0.2) is 59.3 Å². The average molecular weight is 521 g/mol. The molecular formula is C25H27F3N4O3S. The van der Waals surface area contributed by atoms with Gasteiger partial charge in [0.1, 0.15) is 4.99 Å². The quantitative estimate of drug-likeness (QED) is 0.510. The lowest BCUT2D eigenvalue weighted by atomic mass is 9.98. The molecule has 0 aliphatic carbocycles. The minimum Gasteiger partial charge on any atom is -0.371 e. The van der Waals surface area contributed by atoms with E-state index in [-0.39, 0.29) is 24.1 Å². The summed E-state index contributed by atoms with van der Waals surface area (Å²) in [6.07, 6.45) is -4.05. The first-order valence-electron chi connectivity index (χ1n) is 11.3. The van der Waals surface area contributed by atoms with Gasteiger partial charge in [0.25, 0.3) is 5.91 Å². The highest BCUT2D eigenvalue weighted by Crippen LogP contribution is 2.29. The Morgan fingerprint density at radius 1 is 1.03 bits per heavy atom. The Balaban J connectivity index is 1.62. The van der Waals surface area contributed by atoms with Crippen molar-refractivity contribution in [2.45, 2.75) is 38.5 Å². The summed E-state index contributed by atoms with van der Waals surface area (Å²) in [6, 6.07) is 10.9. The molecule has 0 spiro atoms. The zero-order valence-corrected chi connectivity index (χ0v) is 20.6. The zero-order chi connectivity index (χ0) is 26.5. The van der Waals surface area contributed by atoms with Gasteiger partial charge in [0.15, 0.2) is 0 Å². The molecule has 192 valence electrons. The number of thiocarbonyl (C=S) groups is 1. The van der Waals surface area contributed by atoms with Crippen molar-refractivity contribution in [3.8, 4) is 0 Å². The van der Waals surface area contributed by atoms with Crippen LogP contribution in [0.3, 0.4) is 0 Å². The van der Waals surface area contributed by atoms with E-state index < -0.39 is 36.1 Å². The van der Waals surface area contributed by atoms with Crippen molar-refractivity contribution in [2.75, 3.05) is 19.6 Å². The molecule has 2 aromatic carbocycles. The van der Waals surface area contributed by atoms with Crippen LogP contribution in [0.15, 0.2) is 48.5 Å². The number of rotatable bonds is 6. The summed E-state index contributed by atoms with van der Waals surface area (Å²) in [5.74, 6) is -1.48. The van der Waals surface area contributed by atoms with Gasteiger partial charge in [-0.1, -0.05) is 48.1 Å². The second kappa shape index (κ2) is 11.5.